The van der Waals surface area contributed by atoms with Crippen LogP contribution in [0.15, 0.2) is 144 Å². The first-order valence-electron chi connectivity index (χ1n) is 13.6. The van der Waals surface area contributed by atoms with Crippen LogP contribution in [0.2, 0.25) is 0 Å². The van der Waals surface area contributed by atoms with Crippen molar-refractivity contribution in [2.24, 2.45) is 0 Å². The van der Waals surface area contributed by atoms with Gasteiger partial charge >= 0.3 is 0 Å². The minimum Gasteiger partial charge on any atom is -0.443 e. The summed E-state index contributed by atoms with van der Waals surface area (Å²) in [5.74, 6) is 0.691. The van der Waals surface area contributed by atoms with Gasteiger partial charge in [-0.15, -0.1) is 0 Å². The van der Waals surface area contributed by atoms with E-state index in [9.17, 15) is 0 Å². The summed E-state index contributed by atoms with van der Waals surface area (Å²) in [5.41, 5.74) is 9.77. The maximum atomic E-state index is 5.67. The van der Waals surface area contributed by atoms with Crippen LogP contribution in [-0.4, -0.2) is 15.0 Å². The molecule has 192 valence electrons. The van der Waals surface area contributed by atoms with Crippen LogP contribution in [0.3, 0.4) is 0 Å². The van der Waals surface area contributed by atoms with Crippen molar-refractivity contribution in [3.8, 4) is 44.9 Å². The third-order valence-electron chi connectivity index (χ3n) is 7.67. The molecule has 0 saturated carbocycles. The number of benzene rings is 6. The van der Waals surface area contributed by atoms with Gasteiger partial charge in [0.15, 0.2) is 17.8 Å². The van der Waals surface area contributed by atoms with Gasteiger partial charge in [-0.2, -0.15) is 0 Å². The molecule has 8 aromatic rings. The van der Waals surface area contributed by atoms with Gasteiger partial charge in [-0.1, -0.05) is 121 Å². The van der Waals surface area contributed by atoms with E-state index in [1.807, 2.05) is 42.5 Å². The lowest BCUT2D eigenvalue weighted by Crippen LogP contribution is -1.98. The Morgan fingerprint density at radius 2 is 1.22 bits per heavy atom. The van der Waals surface area contributed by atoms with E-state index < -0.39 is 0 Å². The molecule has 0 fully saturated rings. The molecule has 4 nitrogen and oxygen atoms in total. The Kier molecular flexibility index (Phi) is 5.42. The summed E-state index contributed by atoms with van der Waals surface area (Å²) in [6.45, 7) is 0. The highest BCUT2D eigenvalue weighted by molar-refractivity contribution is 6.09. The van der Waals surface area contributed by atoms with E-state index in [4.69, 9.17) is 14.4 Å². The molecule has 0 saturated heterocycles. The average molecular weight is 526 g/mol. The molecule has 0 bridgehead atoms. The molecule has 8 rings (SSSR count). The van der Waals surface area contributed by atoms with Crippen LogP contribution in [0.25, 0.3) is 77.7 Å². The fraction of sp³-hybridized carbons (Fsp3) is 0. The second-order valence-corrected chi connectivity index (χ2v) is 10.0. The summed E-state index contributed by atoms with van der Waals surface area (Å²) >= 11 is 0. The van der Waals surface area contributed by atoms with E-state index >= 15 is 0 Å². The van der Waals surface area contributed by atoms with Crippen LogP contribution in [0.4, 0.5) is 0 Å². The second kappa shape index (κ2) is 9.54. The molecule has 2 aromatic heterocycles. The summed E-state index contributed by atoms with van der Waals surface area (Å²) in [6, 6.07) is 45.9. The van der Waals surface area contributed by atoms with Crippen molar-refractivity contribution < 1.29 is 4.42 Å². The summed E-state index contributed by atoms with van der Waals surface area (Å²) in [7, 11) is 0. The van der Waals surface area contributed by atoms with Gasteiger partial charge in [0.25, 0.3) is 0 Å². The van der Waals surface area contributed by atoms with Gasteiger partial charge in [0.05, 0.1) is 11.2 Å². The van der Waals surface area contributed by atoms with E-state index in [1.165, 1.54) is 6.39 Å². The first kappa shape index (κ1) is 23.3. The van der Waals surface area contributed by atoms with Crippen LogP contribution >= 0.6 is 0 Å². The fourth-order valence-electron chi connectivity index (χ4n) is 5.80. The van der Waals surface area contributed by atoms with Gasteiger partial charge in [0.1, 0.15) is 5.52 Å². The largest absolute Gasteiger partial charge is 0.443 e. The number of hydrogen-bond acceptors (Lipinski definition) is 4. The maximum Gasteiger partial charge on any atom is 0.182 e. The topological polar surface area (TPSA) is 51.8 Å². The van der Waals surface area contributed by atoms with Crippen LogP contribution in [0.1, 0.15) is 0 Å². The molecule has 0 aliphatic carbocycles. The monoisotopic (exact) mass is 525 g/mol. The molecule has 0 radical (unpaired) electrons. The molecule has 0 atom stereocenters. The minimum absolute atomic E-state index is 0.691. The average Bonchev–Trinajstić information content (AvgIpc) is 3.54. The number of rotatable bonds is 4. The van der Waals surface area contributed by atoms with Crippen molar-refractivity contribution in [2.75, 3.05) is 0 Å². The molecular formula is C37H23N3O. The van der Waals surface area contributed by atoms with Gasteiger partial charge in [-0.3, -0.25) is 0 Å². The van der Waals surface area contributed by atoms with Gasteiger partial charge in [-0.05, 0) is 39.6 Å². The Morgan fingerprint density at radius 3 is 2.12 bits per heavy atom. The Morgan fingerprint density at radius 1 is 0.488 bits per heavy atom. The van der Waals surface area contributed by atoms with Gasteiger partial charge in [-0.25, -0.2) is 15.0 Å². The summed E-state index contributed by atoms with van der Waals surface area (Å²) in [5, 5.41) is 3.35. The van der Waals surface area contributed by atoms with Gasteiger partial charge < -0.3 is 4.42 Å². The lowest BCUT2D eigenvalue weighted by molar-refractivity contribution is 0.602. The lowest BCUT2D eigenvalue weighted by atomic mass is 9.87. The number of oxazole rings is 1. The SMILES string of the molecule is c1ccc(-c2nc(-c3ccccc3-c3c(-c4cccc5ocnc45)ccc4ccccc34)nc3ccccc23)cc1. The Balaban J connectivity index is 1.45. The molecule has 0 spiro atoms. The van der Waals surface area contributed by atoms with E-state index in [2.05, 4.69) is 96.0 Å². The zero-order valence-corrected chi connectivity index (χ0v) is 22.0. The van der Waals surface area contributed by atoms with Crippen molar-refractivity contribution in [1.29, 1.82) is 0 Å². The highest BCUT2D eigenvalue weighted by Crippen LogP contribution is 2.44. The lowest BCUT2D eigenvalue weighted by Gasteiger charge is -2.18. The predicted octanol–water partition coefficient (Wildman–Crippen LogP) is 9.59. The highest BCUT2D eigenvalue weighted by atomic mass is 16.3. The highest BCUT2D eigenvalue weighted by Gasteiger charge is 2.20. The molecule has 2 heterocycles. The minimum atomic E-state index is 0.691. The van der Waals surface area contributed by atoms with E-state index in [-0.39, 0.29) is 0 Å². The van der Waals surface area contributed by atoms with Crippen molar-refractivity contribution >= 4 is 32.8 Å². The van der Waals surface area contributed by atoms with Crippen molar-refractivity contribution in [2.45, 2.75) is 0 Å². The molecular weight excluding hydrogens is 502 g/mol. The Hall–Kier alpha value is -5.61. The van der Waals surface area contributed by atoms with Gasteiger partial charge in [0, 0.05) is 22.1 Å². The summed E-state index contributed by atoms with van der Waals surface area (Å²) in [4.78, 5) is 14.9. The van der Waals surface area contributed by atoms with Crippen molar-refractivity contribution in [3.05, 3.63) is 140 Å². The molecule has 41 heavy (non-hydrogen) atoms. The summed E-state index contributed by atoms with van der Waals surface area (Å²) in [6.07, 6.45) is 1.51. The Bertz CT molecular complexity index is 2220. The standard InChI is InChI=1S/C37H23N3O/c1-2-12-25(13-3-1)35-31-17-8-9-19-32(31)39-37(40-35)30-16-7-6-15-27(30)34-26-14-5-4-11-24(26)21-22-28(34)29-18-10-20-33-36(29)38-23-41-33/h1-23H. The van der Waals surface area contributed by atoms with Crippen LogP contribution in [-0.2, 0) is 0 Å². The fourth-order valence-corrected chi connectivity index (χ4v) is 5.80. The molecule has 0 amide bonds. The van der Waals surface area contributed by atoms with E-state index in [0.29, 0.717) is 5.82 Å². The quantitative estimate of drug-likeness (QED) is 0.230. The normalized spacial score (nSPS) is 11.4. The second-order valence-electron chi connectivity index (χ2n) is 10.0. The molecule has 0 aliphatic heterocycles. The van der Waals surface area contributed by atoms with Gasteiger partial charge in [0.2, 0.25) is 0 Å². The summed E-state index contributed by atoms with van der Waals surface area (Å²) < 4.78 is 5.67. The number of hydrogen-bond donors (Lipinski definition) is 0. The number of aromatic nitrogens is 3. The van der Waals surface area contributed by atoms with E-state index in [0.717, 1.165) is 71.8 Å². The molecule has 6 aromatic carbocycles. The molecule has 0 N–H and O–H groups in total. The van der Waals surface area contributed by atoms with E-state index in [1.54, 1.807) is 0 Å². The molecule has 0 aliphatic rings. The Labute approximate surface area is 236 Å². The van der Waals surface area contributed by atoms with Crippen LogP contribution in [0.5, 0.6) is 0 Å². The maximum absolute atomic E-state index is 5.67. The van der Waals surface area contributed by atoms with Crippen LogP contribution < -0.4 is 0 Å². The third-order valence-corrected chi connectivity index (χ3v) is 7.67. The first-order valence-corrected chi connectivity index (χ1v) is 13.6. The third kappa shape index (κ3) is 3.88. The zero-order chi connectivity index (χ0) is 27.2. The zero-order valence-electron chi connectivity index (χ0n) is 22.0. The molecule has 0 unspecified atom stereocenters. The predicted molar refractivity (Wildman–Crippen MR) is 166 cm³/mol. The smallest absolute Gasteiger partial charge is 0.182 e. The number of nitrogens with zero attached hydrogens (tertiary/aromatic N) is 3. The van der Waals surface area contributed by atoms with Crippen LogP contribution in [0, 0.1) is 0 Å². The van der Waals surface area contributed by atoms with Crippen molar-refractivity contribution in [3.63, 3.8) is 0 Å². The molecule has 4 heteroatoms. The number of fused-ring (bicyclic) bond motifs is 3. The van der Waals surface area contributed by atoms with Crippen molar-refractivity contribution in [1.82, 2.24) is 15.0 Å². The first-order chi connectivity index (χ1) is 20.3. The number of para-hydroxylation sites is 2.